The maximum atomic E-state index is 9.46. The van der Waals surface area contributed by atoms with E-state index in [1.807, 2.05) is 13.8 Å². The first-order chi connectivity index (χ1) is 7.72. The Bertz CT molecular complexity index is 248. The molecule has 3 heteroatoms. The van der Waals surface area contributed by atoms with Gasteiger partial charge in [-0.2, -0.15) is 0 Å². The second-order valence-corrected chi connectivity index (χ2v) is 3.55. The van der Waals surface area contributed by atoms with E-state index < -0.39 is 0 Å². The third-order valence-electron chi connectivity index (χ3n) is 2.11. The van der Waals surface area contributed by atoms with Crippen LogP contribution in [0.15, 0.2) is 11.6 Å². The first-order valence-electron chi connectivity index (χ1n) is 5.62. The monoisotopic (exact) mass is 226 g/mol. The van der Waals surface area contributed by atoms with E-state index in [4.69, 9.17) is 9.47 Å². The van der Waals surface area contributed by atoms with E-state index in [0.29, 0.717) is 13.4 Å². The van der Waals surface area contributed by atoms with Gasteiger partial charge >= 0.3 is 0 Å². The molecule has 0 aromatic heterocycles. The third kappa shape index (κ3) is 8.49. The number of methoxy groups -OCH3 is 1. The third-order valence-corrected chi connectivity index (χ3v) is 2.11. The summed E-state index contributed by atoms with van der Waals surface area (Å²) in [6, 6.07) is 0. The summed E-state index contributed by atoms with van der Waals surface area (Å²) in [4.78, 5) is 0. The van der Waals surface area contributed by atoms with E-state index in [1.165, 1.54) is 0 Å². The first kappa shape index (κ1) is 15.2. The van der Waals surface area contributed by atoms with Gasteiger partial charge in [-0.15, -0.1) is 0 Å². The minimum atomic E-state index is -0.362. The zero-order chi connectivity index (χ0) is 12.2. The first-order valence-corrected chi connectivity index (χ1v) is 5.62. The SMILES string of the molecule is CCC(O)/C(C)=C\C#CCCCOCOC. The molecule has 0 rings (SSSR count). The average molecular weight is 226 g/mol. The van der Waals surface area contributed by atoms with Gasteiger partial charge in [0, 0.05) is 13.5 Å². The van der Waals surface area contributed by atoms with Gasteiger partial charge in [0.05, 0.1) is 12.7 Å². The predicted octanol–water partition coefficient (Wildman–Crippen LogP) is 2.11. The van der Waals surface area contributed by atoms with Crippen molar-refractivity contribution in [2.45, 2.75) is 39.2 Å². The maximum absolute atomic E-state index is 9.46. The molecule has 0 saturated carbocycles. The Labute approximate surface area is 98.4 Å². The van der Waals surface area contributed by atoms with Gasteiger partial charge in [-0.25, -0.2) is 0 Å². The molecule has 1 unspecified atom stereocenters. The molecule has 1 N–H and O–H groups in total. The fraction of sp³-hybridized carbons (Fsp3) is 0.692. The van der Waals surface area contributed by atoms with Crippen LogP contribution in [0.3, 0.4) is 0 Å². The average Bonchev–Trinajstić information content (AvgIpc) is 2.31. The molecule has 0 bridgehead atoms. The summed E-state index contributed by atoms with van der Waals surface area (Å²) in [6.45, 7) is 4.85. The molecule has 0 aromatic rings. The highest BCUT2D eigenvalue weighted by Crippen LogP contribution is 2.03. The van der Waals surface area contributed by atoms with Crippen LogP contribution in [0.2, 0.25) is 0 Å². The zero-order valence-electron chi connectivity index (χ0n) is 10.5. The molecule has 0 aliphatic carbocycles. The molecular weight excluding hydrogens is 204 g/mol. The van der Waals surface area contributed by atoms with Gasteiger partial charge in [-0.3, -0.25) is 0 Å². The van der Waals surface area contributed by atoms with Crippen molar-refractivity contribution in [1.29, 1.82) is 0 Å². The summed E-state index contributed by atoms with van der Waals surface area (Å²) in [6.07, 6.45) is 3.85. The summed E-state index contributed by atoms with van der Waals surface area (Å²) in [5.41, 5.74) is 0.922. The molecule has 1 atom stereocenters. The van der Waals surface area contributed by atoms with Crippen LogP contribution in [-0.4, -0.2) is 31.7 Å². The number of ether oxygens (including phenoxy) is 2. The van der Waals surface area contributed by atoms with E-state index in [-0.39, 0.29) is 6.10 Å². The van der Waals surface area contributed by atoms with Gasteiger partial charge in [0.15, 0.2) is 0 Å². The van der Waals surface area contributed by atoms with Crippen LogP contribution >= 0.6 is 0 Å². The molecule has 0 saturated heterocycles. The molecule has 3 nitrogen and oxygen atoms in total. The maximum Gasteiger partial charge on any atom is 0.146 e. The van der Waals surface area contributed by atoms with Crippen molar-refractivity contribution in [3.63, 3.8) is 0 Å². The van der Waals surface area contributed by atoms with Gasteiger partial charge in [0.1, 0.15) is 6.79 Å². The molecule has 0 aliphatic rings. The minimum Gasteiger partial charge on any atom is -0.389 e. The second kappa shape index (κ2) is 10.7. The van der Waals surface area contributed by atoms with E-state index in [1.54, 1.807) is 13.2 Å². The quantitative estimate of drug-likeness (QED) is 0.410. The normalized spacial score (nSPS) is 13.1. The number of rotatable bonds is 7. The van der Waals surface area contributed by atoms with E-state index in [2.05, 4.69) is 11.8 Å². The fourth-order valence-electron chi connectivity index (χ4n) is 1.06. The Morgan fingerprint density at radius 1 is 1.50 bits per heavy atom. The molecule has 0 heterocycles. The fourth-order valence-corrected chi connectivity index (χ4v) is 1.06. The Kier molecular flexibility index (Phi) is 10.1. The summed E-state index contributed by atoms with van der Waals surface area (Å²) >= 11 is 0. The summed E-state index contributed by atoms with van der Waals surface area (Å²) < 4.78 is 9.86. The van der Waals surface area contributed by atoms with E-state index >= 15 is 0 Å². The van der Waals surface area contributed by atoms with Crippen molar-refractivity contribution < 1.29 is 14.6 Å². The lowest BCUT2D eigenvalue weighted by atomic mass is 10.1. The highest BCUT2D eigenvalue weighted by molar-refractivity contribution is 5.22. The number of aliphatic hydroxyl groups excluding tert-OH is 1. The van der Waals surface area contributed by atoms with Crippen LogP contribution < -0.4 is 0 Å². The second-order valence-electron chi connectivity index (χ2n) is 3.55. The molecule has 92 valence electrons. The van der Waals surface area contributed by atoms with Gasteiger partial charge in [0.2, 0.25) is 0 Å². The van der Waals surface area contributed by atoms with Gasteiger partial charge in [-0.05, 0) is 31.4 Å². The summed E-state index contributed by atoms with van der Waals surface area (Å²) in [5.74, 6) is 5.95. The van der Waals surface area contributed by atoms with Crippen molar-refractivity contribution in [1.82, 2.24) is 0 Å². The number of aliphatic hydroxyl groups is 1. The van der Waals surface area contributed by atoms with Crippen molar-refractivity contribution in [3.8, 4) is 11.8 Å². The molecule has 0 amide bonds. The van der Waals surface area contributed by atoms with Crippen LogP contribution in [0.1, 0.15) is 33.1 Å². The van der Waals surface area contributed by atoms with E-state index in [9.17, 15) is 5.11 Å². The van der Waals surface area contributed by atoms with Gasteiger partial charge < -0.3 is 14.6 Å². The zero-order valence-corrected chi connectivity index (χ0v) is 10.5. The van der Waals surface area contributed by atoms with Crippen molar-refractivity contribution >= 4 is 0 Å². The van der Waals surface area contributed by atoms with E-state index in [0.717, 1.165) is 24.8 Å². The van der Waals surface area contributed by atoms with Crippen molar-refractivity contribution in [2.24, 2.45) is 0 Å². The number of allylic oxidation sites excluding steroid dienone is 1. The smallest absolute Gasteiger partial charge is 0.146 e. The van der Waals surface area contributed by atoms with Gasteiger partial charge in [0.25, 0.3) is 0 Å². The number of unbranched alkanes of at least 4 members (excludes halogenated alkanes) is 1. The number of hydrogen-bond donors (Lipinski definition) is 1. The lowest BCUT2D eigenvalue weighted by Gasteiger charge is -2.05. The number of hydrogen-bond acceptors (Lipinski definition) is 3. The topological polar surface area (TPSA) is 38.7 Å². The molecule has 0 aliphatic heterocycles. The summed E-state index contributed by atoms with van der Waals surface area (Å²) in [5, 5.41) is 9.46. The molecule has 0 fully saturated rings. The molecule has 16 heavy (non-hydrogen) atoms. The van der Waals surface area contributed by atoms with Crippen molar-refractivity contribution in [2.75, 3.05) is 20.5 Å². The molecular formula is C13H22O3. The lowest BCUT2D eigenvalue weighted by Crippen LogP contribution is -2.04. The van der Waals surface area contributed by atoms with Crippen LogP contribution in [0.25, 0.3) is 0 Å². The van der Waals surface area contributed by atoms with Crippen LogP contribution in [-0.2, 0) is 9.47 Å². The Balaban J connectivity index is 3.61. The summed E-state index contributed by atoms with van der Waals surface area (Å²) in [7, 11) is 1.60. The molecule has 0 aromatic carbocycles. The van der Waals surface area contributed by atoms with Crippen LogP contribution in [0.5, 0.6) is 0 Å². The highest BCUT2D eigenvalue weighted by Gasteiger charge is 2.00. The van der Waals surface area contributed by atoms with Crippen molar-refractivity contribution in [3.05, 3.63) is 11.6 Å². The largest absolute Gasteiger partial charge is 0.389 e. The Morgan fingerprint density at radius 2 is 2.25 bits per heavy atom. The molecule has 0 spiro atoms. The Morgan fingerprint density at radius 3 is 2.88 bits per heavy atom. The Hall–Kier alpha value is -0.820. The minimum absolute atomic E-state index is 0.342. The van der Waals surface area contributed by atoms with Gasteiger partial charge in [-0.1, -0.05) is 18.8 Å². The predicted molar refractivity (Wildman–Crippen MR) is 64.9 cm³/mol. The highest BCUT2D eigenvalue weighted by atomic mass is 16.7. The lowest BCUT2D eigenvalue weighted by molar-refractivity contribution is -0.0307. The van der Waals surface area contributed by atoms with Crippen LogP contribution in [0.4, 0.5) is 0 Å². The van der Waals surface area contributed by atoms with Crippen LogP contribution in [0, 0.1) is 11.8 Å². The standard InChI is InChI=1S/C13H22O3/c1-4-13(14)12(2)9-7-5-6-8-10-16-11-15-3/h9,13-14H,4,6,8,10-11H2,1-3H3/b12-9-. The molecule has 0 radical (unpaired) electrons.